The smallest absolute Gasteiger partial charge is 0.164 e. The van der Waals surface area contributed by atoms with Gasteiger partial charge in [0.25, 0.3) is 0 Å². The van der Waals surface area contributed by atoms with Crippen LogP contribution in [0.25, 0.3) is 100 Å². The number of fused-ring (bicyclic) bond motifs is 4. The Kier molecular flexibility index (Phi) is 7.43. The van der Waals surface area contributed by atoms with E-state index in [1.54, 1.807) is 0 Å². The van der Waals surface area contributed by atoms with E-state index in [9.17, 15) is 0 Å². The summed E-state index contributed by atoms with van der Waals surface area (Å²) in [5.41, 5.74) is 11.3. The van der Waals surface area contributed by atoms with Gasteiger partial charge in [-0.2, -0.15) is 0 Å². The van der Waals surface area contributed by atoms with E-state index < -0.39 is 0 Å². The molecule has 0 saturated carbocycles. The third kappa shape index (κ3) is 5.73. The van der Waals surface area contributed by atoms with Crippen LogP contribution in [0.5, 0.6) is 0 Å². The normalized spacial score (nSPS) is 11.4. The second-order valence-electron chi connectivity index (χ2n) is 13.2. The Balaban J connectivity index is 1.07. The SMILES string of the molecule is c1ccc(-c2ccc(-c3ccc(-c4nc(-c5ccccc5)nc(-c5cccc6oc7ccc(-c8ccc9ccccc9c8)cc7c56)n4)cc3)cc2)cc1. The third-order valence-corrected chi connectivity index (χ3v) is 9.95. The summed E-state index contributed by atoms with van der Waals surface area (Å²) >= 11 is 0. The van der Waals surface area contributed by atoms with Crippen LogP contribution in [0, 0.1) is 0 Å². The van der Waals surface area contributed by atoms with E-state index in [0.717, 1.165) is 60.9 Å². The van der Waals surface area contributed by atoms with Gasteiger partial charge in [0.15, 0.2) is 17.5 Å². The number of nitrogens with zero attached hydrogens (tertiary/aromatic N) is 3. The molecule has 0 radical (unpaired) electrons. The van der Waals surface area contributed by atoms with Crippen LogP contribution < -0.4 is 0 Å². The molecule has 248 valence electrons. The minimum Gasteiger partial charge on any atom is -0.456 e. The number of rotatable bonds is 6. The van der Waals surface area contributed by atoms with Crippen LogP contribution in [0.4, 0.5) is 0 Å². The van der Waals surface area contributed by atoms with Gasteiger partial charge >= 0.3 is 0 Å². The predicted molar refractivity (Wildman–Crippen MR) is 217 cm³/mol. The van der Waals surface area contributed by atoms with E-state index in [4.69, 9.17) is 19.4 Å². The fraction of sp³-hybridized carbons (Fsp3) is 0. The molecule has 0 bridgehead atoms. The summed E-state index contributed by atoms with van der Waals surface area (Å²) in [7, 11) is 0. The minimum atomic E-state index is 0.596. The van der Waals surface area contributed by atoms with Crippen molar-refractivity contribution in [3.05, 3.63) is 188 Å². The molecule has 0 fully saturated rings. The quantitative estimate of drug-likeness (QED) is 0.176. The molecule has 0 N–H and O–H groups in total. The Bertz CT molecular complexity index is 2910. The van der Waals surface area contributed by atoms with Crippen molar-refractivity contribution in [1.29, 1.82) is 0 Å². The summed E-state index contributed by atoms with van der Waals surface area (Å²) < 4.78 is 6.42. The first-order chi connectivity index (χ1) is 26.2. The Labute approximate surface area is 306 Å². The average Bonchev–Trinajstić information content (AvgIpc) is 3.62. The molecule has 4 heteroatoms. The summed E-state index contributed by atoms with van der Waals surface area (Å²) in [4.78, 5) is 15.2. The van der Waals surface area contributed by atoms with Crippen molar-refractivity contribution in [1.82, 2.24) is 15.0 Å². The number of benzene rings is 8. The lowest BCUT2D eigenvalue weighted by molar-refractivity contribution is 0.669. The van der Waals surface area contributed by atoms with Gasteiger partial charge in [-0.3, -0.25) is 0 Å². The first kappa shape index (κ1) is 30.6. The summed E-state index contributed by atoms with van der Waals surface area (Å²) in [6.45, 7) is 0. The molecule has 10 aromatic rings. The van der Waals surface area contributed by atoms with Gasteiger partial charge in [-0.1, -0.05) is 164 Å². The average molecular weight is 678 g/mol. The van der Waals surface area contributed by atoms with Crippen molar-refractivity contribution in [2.45, 2.75) is 0 Å². The van der Waals surface area contributed by atoms with E-state index >= 15 is 0 Å². The molecule has 4 nitrogen and oxygen atoms in total. The van der Waals surface area contributed by atoms with Gasteiger partial charge in [0.05, 0.1) is 0 Å². The van der Waals surface area contributed by atoms with Crippen molar-refractivity contribution >= 4 is 32.7 Å². The van der Waals surface area contributed by atoms with Gasteiger partial charge in [-0.25, -0.2) is 15.0 Å². The molecule has 2 aromatic heterocycles. The lowest BCUT2D eigenvalue weighted by Gasteiger charge is -2.10. The summed E-state index contributed by atoms with van der Waals surface area (Å²) in [5, 5.41) is 4.44. The molecule has 53 heavy (non-hydrogen) atoms. The van der Waals surface area contributed by atoms with Crippen molar-refractivity contribution in [2.75, 3.05) is 0 Å². The van der Waals surface area contributed by atoms with Crippen molar-refractivity contribution in [3.8, 4) is 67.5 Å². The number of hydrogen-bond acceptors (Lipinski definition) is 4. The largest absolute Gasteiger partial charge is 0.456 e. The van der Waals surface area contributed by atoms with E-state index in [1.165, 1.54) is 21.9 Å². The highest BCUT2D eigenvalue weighted by Crippen LogP contribution is 2.39. The second kappa shape index (κ2) is 12.9. The Hall–Kier alpha value is -7.17. The zero-order chi connectivity index (χ0) is 35.1. The fourth-order valence-electron chi connectivity index (χ4n) is 7.20. The predicted octanol–water partition coefficient (Wildman–Crippen LogP) is 12.9. The van der Waals surface area contributed by atoms with Gasteiger partial charge in [0.2, 0.25) is 0 Å². The fourth-order valence-corrected chi connectivity index (χ4v) is 7.20. The number of furan rings is 1. The molecule has 0 spiro atoms. The summed E-state index contributed by atoms with van der Waals surface area (Å²) in [6, 6.07) is 65.3. The molecule has 0 aliphatic rings. The molecule has 0 saturated heterocycles. The highest BCUT2D eigenvalue weighted by molar-refractivity contribution is 6.13. The molecule has 0 unspecified atom stereocenters. The summed E-state index contributed by atoms with van der Waals surface area (Å²) in [6.07, 6.45) is 0. The van der Waals surface area contributed by atoms with Crippen LogP contribution in [0.15, 0.2) is 192 Å². The van der Waals surface area contributed by atoms with Crippen LogP contribution in [0.1, 0.15) is 0 Å². The van der Waals surface area contributed by atoms with Crippen LogP contribution in [0.2, 0.25) is 0 Å². The van der Waals surface area contributed by atoms with Crippen LogP contribution >= 0.6 is 0 Å². The lowest BCUT2D eigenvalue weighted by Crippen LogP contribution is -2.00. The molecule has 8 aromatic carbocycles. The first-order valence-corrected chi connectivity index (χ1v) is 17.8. The maximum absolute atomic E-state index is 6.42. The van der Waals surface area contributed by atoms with E-state index in [1.807, 2.05) is 48.5 Å². The van der Waals surface area contributed by atoms with Gasteiger partial charge < -0.3 is 4.42 Å². The van der Waals surface area contributed by atoms with Gasteiger partial charge in [-0.15, -0.1) is 0 Å². The van der Waals surface area contributed by atoms with Gasteiger partial charge in [0, 0.05) is 27.5 Å². The van der Waals surface area contributed by atoms with Crippen molar-refractivity contribution in [3.63, 3.8) is 0 Å². The van der Waals surface area contributed by atoms with E-state index in [0.29, 0.717) is 17.5 Å². The molecular weight excluding hydrogens is 647 g/mol. The number of hydrogen-bond donors (Lipinski definition) is 0. The van der Waals surface area contributed by atoms with Crippen molar-refractivity contribution in [2.24, 2.45) is 0 Å². The molecule has 0 aliphatic carbocycles. The Morgan fingerprint density at radius 1 is 0.302 bits per heavy atom. The topological polar surface area (TPSA) is 51.8 Å². The second-order valence-corrected chi connectivity index (χ2v) is 13.2. The van der Waals surface area contributed by atoms with Crippen LogP contribution in [-0.4, -0.2) is 15.0 Å². The number of aromatic nitrogens is 3. The Morgan fingerprint density at radius 2 is 0.792 bits per heavy atom. The molecule has 10 rings (SSSR count). The zero-order valence-corrected chi connectivity index (χ0v) is 28.6. The van der Waals surface area contributed by atoms with Crippen LogP contribution in [0.3, 0.4) is 0 Å². The third-order valence-electron chi connectivity index (χ3n) is 9.95. The minimum absolute atomic E-state index is 0.596. The standard InChI is InChI=1S/C49H31N3O/c1-3-10-32(11-4-1)34-18-20-35(21-19-34)36-22-25-38(26-23-36)48-50-47(37-13-5-2-6-14-37)51-49(52-48)42-16-9-17-45-46(42)43-31-41(28-29-44(43)53-45)40-27-24-33-12-7-8-15-39(33)30-40/h1-31H. The Morgan fingerprint density at radius 3 is 1.47 bits per heavy atom. The van der Waals surface area contributed by atoms with Gasteiger partial charge in [-0.05, 0) is 68.4 Å². The first-order valence-electron chi connectivity index (χ1n) is 17.8. The van der Waals surface area contributed by atoms with Gasteiger partial charge in [0.1, 0.15) is 11.2 Å². The molecule has 0 atom stereocenters. The molecular formula is C49H31N3O. The maximum Gasteiger partial charge on any atom is 0.164 e. The molecule has 0 amide bonds. The molecule has 2 heterocycles. The summed E-state index contributed by atoms with van der Waals surface area (Å²) in [5.74, 6) is 1.83. The van der Waals surface area contributed by atoms with Crippen molar-refractivity contribution < 1.29 is 4.42 Å². The van der Waals surface area contributed by atoms with E-state index in [-0.39, 0.29) is 0 Å². The van der Waals surface area contributed by atoms with E-state index in [2.05, 4.69) is 140 Å². The maximum atomic E-state index is 6.42. The zero-order valence-electron chi connectivity index (χ0n) is 28.6. The highest BCUT2D eigenvalue weighted by Gasteiger charge is 2.18. The monoisotopic (exact) mass is 677 g/mol. The highest BCUT2D eigenvalue weighted by atomic mass is 16.3. The van der Waals surface area contributed by atoms with Crippen LogP contribution in [-0.2, 0) is 0 Å². The molecule has 0 aliphatic heterocycles. The lowest BCUT2D eigenvalue weighted by atomic mass is 9.98.